The molecule has 8 nitrogen and oxygen atoms in total. The number of carbonyl (C=O) groups is 3. The predicted octanol–water partition coefficient (Wildman–Crippen LogP) is 3.24. The molecule has 0 fully saturated rings. The van der Waals surface area contributed by atoms with E-state index in [4.69, 9.17) is 15.2 Å². The van der Waals surface area contributed by atoms with Crippen molar-refractivity contribution in [2.45, 2.75) is 18.9 Å². The molecule has 1 unspecified atom stereocenters. The van der Waals surface area contributed by atoms with Gasteiger partial charge in [-0.3, -0.25) is 9.79 Å². The van der Waals surface area contributed by atoms with Crippen LogP contribution in [0.25, 0.3) is 0 Å². The highest BCUT2D eigenvalue weighted by Crippen LogP contribution is 2.35. The van der Waals surface area contributed by atoms with Crippen LogP contribution < -0.4 is 11.1 Å². The molecule has 2 aromatic rings. The van der Waals surface area contributed by atoms with Gasteiger partial charge in [0.05, 0.1) is 25.4 Å². The second-order valence-corrected chi connectivity index (χ2v) is 8.69. The van der Waals surface area contributed by atoms with Crippen LogP contribution in [-0.4, -0.2) is 43.0 Å². The van der Waals surface area contributed by atoms with Gasteiger partial charge in [-0.05, 0) is 31.0 Å². The number of nitrogens with two attached hydrogens (primary N) is 1. The van der Waals surface area contributed by atoms with Gasteiger partial charge in [0.15, 0.2) is 5.17 Å². The molecule has 0 spiro atoms. The summed E-state index contributed by atoms with van der Waals surface area (Å²) < 4.78 is 9.46. The second-order valence-electron chi connectivity index (χ2n) is 6.69. The molecule has 0 saturated carbocycles. The summed E-state index contributed by atoms with van der Waals surface area (Å²) in [5, 5.41) is 4.72. The molecule has 3 rings (SSSR count). The number of amidine groups is 1. The molecule has 0 radical (unpaired) electrons. The number of hydrogen-bond acceptors (Lipinski definition) is 9. The summed E-state index contributed by atoms with van der Waals surface area (Å²) in [6.45, 7) is 1.98. The lowest BCUT2D eigenvalue weighted by Crippen LogP contribution is -2.29. The van der Waals surface area contributed by atoms with Crippen molar-refractivity contribution in [1.82, 2.24) is 0 Å². The number of ether oxygens (including phenoxy) is 2. The minimum atomic E-state index is -0.738. The monoisotopic (exact) mass is 447 g/mol. The van der Waals surface area contributed by atoms with Gasteiger partial charge < -0.3 is 20.5 Å². The minimum Gasteiger partial charge on any atom is -0.465 e. The van der Waals surface area contributed by atoms with E-state index in [1.54, 1.807) is 18.2 Å². The van der Waals surface area contributed by atoms with E-state index >= 15 is 0 Å². The summed E-state index contributed by atoms with van der Waals surface area (Å²) in [4.78, 5) is 41.6. The van der Waals surface area contributed by atoms with E-state index in [2.05, 4.69) is 10.3 Å². The molecule has 10 heteroatoms. The van der Waals surface area contributed by atoms with E-state index < -0.39 is 23.4 Å². The van der Waals surface area contributed by atoms with Crippen molar-refractivity contribution < 1.29 is 23.9 Å². The van der Waals surface area contributed by atoms with Gasteiger partial charge in [-0.15, -0.1) is 11.3 Å². The van der Waals surface area contributed by atoms with Gasteiger partial charge in [0, 0.05) is 16.7 Å². The lowest BCUT2D eigenvalue weighted by Gasteiger charge is -2.30. The van der Waals surface area contributed by atoms with Crippen molar-refractivity contribution in [2.75, 3.05) is 25.3 Å². The Hall–Kier alpha value is -2.85. The molecule has 0 saturated heterocycles. The predicted molar refractivity (Wildman–Crippen MR) is 117 cm³/mol. The van der Waals surface area contributed by atoms with Crippen LogP contribution >= 0.6 is 23.1 Å². The quantitative estimate of drug-likeness (QED) is 0.675. The van der Waals surface area contributed by atoms with Crippen molar-refractivity contribution in [3.05, 3.63) is 51.2 Å². The number of benzene rings is 1. The third-order valence-electron chi connectivity index (χ3n) is 4.74. The fraction of sp³-hybridized carbons (Fsp3) is 0.300. The average Bonchev–Trinajstić information content (AvgIpc) is 3.16. The standard InChI is InChI=1S/C20H21N3O5S2/c1-20(7-8-29-19(21)23-20)12-6-4-5-11(9-12)16(24)22-13-10-30-15(18(26)28-3)14(13)17(25)27-2/h4-6,9-10H,7-8H2,1-3H3,(H2,21,23)(H,22,24). The Bertz CT molecular complexity index is 1030. The number of aliphatic imine (C=N–C) groups is 1. The minimum absolute atomic E-state index is 0.0347. The maximum Gasteiger partial charge on any atom is 0.349 e. The van der Waals surface area contributed by atoms with Crippen LogP contribution in [-0.2, 0) is 15.0 Å². The third-order valence-corrected chi connectivity index (χ3v) is 6.50. The van der Waals surface area contributed by atoms with E-state index in [1.165, 1.54) is 31.4 Å². The number of carbonyl (C=O) groups excluding carboxylic acids is 3. The van der Waals surface area contributed by atoms with E-state index in [0.717, 1.165) is 29.1 Å². The maximum atomic E-state index is 12.9. The topological polar surface area (TPSA) is 120 Å². The number of nitrogens with one attached hydrogen (secondary N) is 1. The molecular weight excluding hydrogens is 426 g/mol. The molecule has 1 aromatic heterocycles. The molecule has 2 heterocycles. The number of esters is 2. The van der Waals surface area contributed by atoms with Crippen LogP contribution in [0.3, 0.4) is 0 Å². The zero-order valence-corrected chi connectivity index (χ0v) is 18.3. The van der Waals surface area contributed by atoms with Crippen molar-refractivity contribution in [3.8, 4) is 0 Å². The Balaban J connectivity index is 1.91. The Kier molecular flexibility index (Phi) is 6.47. The fourth-order valence-electron chi connectivity index (χ4n) is 3.08. The maximum absolute atomic E-state index is 12.9. The summed E-state index contributed by atoms with van der Waals surface area (Å²) in [7, 11) is 2.41. The third kappa shape index (κ3) is 4.34. The first-order chi connectivity index (χ1) is 14.3. The average molecular weight is 448 g/mol. The number of nitrogens with zero attached hydrogens (tertiary/aromatic N) is 1. The van der Waals surface area contributed by atoms with E-state index in [0.29, 0.717) is 10.7 Å². The largest absolute Gasteiger partial charge is 0.465 e. The molecule has 1 aromatic carbocycles. The number of methoxy groups -OCH3 is 2. The van der Waals surface area contributed by atoms with Crippen LogP contribution in [0.1, 0.15) is 49.3 Å². The Morgan fingerprint density at radius 1 is 1.20 bits per heavy atom. The smallest absolute Gasteiger partial charge is 0.349 e. The van der Waals surface area contributed by atoms with Gasteiger partial charge in [0.1, 0.15) is 10.4 Å². The summed E-state index contributed by atoms with van der Waals surface area (Å²) in [5.74, 6) is -1.00. The number of thiophene rings is 1. The van der Waals surface area contributed by atoms with Crippen LogP contribution in [0, 0.1) is 0 Å². The summed E-state index contributed by atoms with van der Waals surface area (Å²) in [6, 6.07) is 7.10. The van der Waals surface area contributed by atoms with Crippen LogP contribution in [0.4, 0.5) is 5.69 Å². The second kappa shape index (κ2) is 8.88. The van der Waals surface area contributed by atoms with E-state index in [9.17, 15) is 14.4 Å². The number of thioether (sulfide) groups is 1. The van der Waals surface area contributed by atoms with Gasteiger partial charge in [-0.2, -0.15) is 0 Å². The van der Waals surface area contributed by atoms with Gasteiger partial charge in [-0.1, -0.05) is 23.9 Å². The molecule has 1 atom stereocenters. The van der Waals surface area contributed by atoms with Crippen molar-refractivity contribution in [1.29, 1.82) is 0 Å². The van der Waals surface area contributed by atoms with E-state index in [1.807, 2.05) is 13.0 Å². The highest BCUT2D eigenvalue weighted by atomic mass is 32.2. The van der Waals surface area contributed by atoms with Gasteiger partial charge in [0.2, 0.25) is 0 Å². The highest BCUT2D eigenvalue weighted by Gasteiger charge is 2.30. The molecule has 1 aliphatic rings. The molecule has 0 aliphatic carbocycles. The molecule has 3 N–H and O–H groups in total. The van der Waals surface area contributed by atoms with Crippen molar-refractivity contribution >= 4 is 51.8 Å². The van der Waals surface area contributed by atoms with E-state index in [-0.39, 0.29) is 16.1 Å². The lowest BCUT2D eigenvalue weighted by atomic mass is 9.88. The first-order valence-corrected chi connectivity index (χ1v) is 10.8. The van der Waals surface area contributed by atoms with Crippen LogP contribution in [0.5, 0.6) is 0 Å². The first kappa shape index (κ1) is 21.8. The Morgan fingerprint density at radius 3 is 2.60 bits per heavy atom. The molecule has 1 aliphatic heterocycles. The SMILES string of the molecule is COC(=O)c1scc(NC(=O)c2cccc(C3(C)CCSC(N)=N3)c2)c1C(=O)OC. The number of amides is 1. The molecular formula is C20H21N3O5S2. The molecule has 1 amide bonds. The van der Waals surface area contributed by atoms with Gasteiger partial charge in [0.25, 0.3) is 5.91 Å². The Morgan fingerprint density at radius 2 is 1.93 bits per heavy atom. The Labute approximate surface area is 181 Å². The van der Waals surface area contributed by atoms with Crippen molar-refractivity contribution in [3.63, 3.8) is 0 Å². The number of anilines is 1. The van der Waals surface area contributed by atoms with Crippen molar-refractivity contribution in [2.24, 2.45) is 10.7 Å². The number of hydrogen-bond donors (Lipinski definition) is 2. The number of rotatable bonds is 5. The molecule has 0 bridgehead atoms. The zero-order valence-electron chi connectivity index (χ0n) is 16.7. The van der Waals surface area contributed by atoms with Gasteiger partial charge >= 0.3 is 11.9 Å². The summed E-state index contributed by atoms with van der Waals surface area (Å²) >= 11 is 2.50. The summed E-state index contributed by atoms with van der Waals surface area (Å²) in [6.07, 6.45) is 0.795. The van der Waals surface area contributed by atoms with Crippen LogP contribution in [0.2, 0.25) is 0 Å². The fourth-order valence-corrected chi connectivity index (χ4v) is 4.96. The molecule has 30 heavy (non-hydrogen) atoms. The van der Waals surface area contributed by atoms with Crippen LogP contribution in [0.15, 0.2) is 34.6 Å². The lowest BCUT2D eigenvalue weighted by molar-refractivity contribution is 0.0561. The first-order valence-electron chi connectivity index (χ1n) is 8.97. The molecule has 158 valence electrons. The summed E-state index contributed by atoms with van der Waals surface area (Å²) in [5.41, 5.74) is 6.80. The normalized spacial score (nSPS) is 18.3. The zero-order chi connectivity index (χ0) is 21.9. The highest BCUT2D eigenvalue weighted by molar-refractivity contribution is 8.13. The van der Waals surface area contributed by atoms with Gasteiger partial charge in [-0.25, -0.2) is 9.59 Å².